The Labute approximate surface area is 128 Å². The van der Waals surface area contributed by atoms with E-state index in [0.29, 0.717) is 13.0 Å². The van der Waals surface area contributed by atoms with Gasteiger partial charge in [-0.2, -0.15) is 0 Å². The van der Waals surface area contributed by atoms with E-state index < -0.39 is 0 Å². The lowest BCUT2D eigenvalue weighted by Gasteiger charge is -2.11. The topological polar surface area (TPSA) is 50.4 Å². The Balaban J connectivity index is 1.82. The van der Waals surface area contributed by atoms with Crippen molar-refractivity contribution in [1.82, 2.24) is 10.6 Å². The van der Waals surface area contributed by atoms with Crippen molar-refractivity contribution in [2.75, 3.05) is 13.2 Å². The lowest BCUT2D eigenvalue weighted by atomic mass is 10.1. The first kappa shape index (κ1) is 15.3. The summed E-state index contributed by atoms with van der Waals surface area (Å²) < 4.78 is 6.75. The minimum atomic E-state index is 0.0863. The van der Waals surface area contributed by atoms with Gasteiger partial charge in [-0.15, -0.1) is 0 Å². The SMILES string of the molecule is CC(C)NC(=O)CCNCc1cc(Br)cc2c1OCC2. The molecule has 1 amide bonds. The quantitative estimate of drug-likeness (QED) is 0.781. The fraction of sp³-hybridized carbons (Fsp3) is 0.533. The number of amides is 1. The van der Waals surface area contributed by atoms with Gasteiger partial charge in [0.1, 0.15) is 5.75 Å². The van der Waals surface area contributed by atoms with E-state index in [9.17, 15) is 4.79 Å². The molecule has 0 fully saturated rings. The zero-order valence-corrected chi connectivity index (χ0v) is 13.5. The second kappa shape index (κ2) is 7.09. The minimum Gasteiger partial charge on any atom is -0.493 e. The zero-order chi connectivity index (χ0) is 14.5. The predicted molar refractivity (Wildman–Crippen MR) is 82.9 cm³/mol. The van der Waals surface area contributed by atoms with E-state index in [1.54, 1.807) is 0 Å². The van der Waals surface area contributed by atoms with Gasteiger partial charge in [0.2, 0.25) is 5.91 Å². The summed E-state index contributed by atoms with van der Waals surface area (Å²) in [7, 11) is 0. The predicted octanol–water partition coefficient (Wildman–Crippen LogP) is 2.39. The number of carbonyl (C=O) groups is 1. The molecule has 0 aromatic heterocycles. The van der Waals surface area contributed by atoms with Crippen molar-refractivity contribution in [2.45, 2.75) is 39.3 Å². The highest BCUT2D eigenvalue weighted by Gasteiger charge is 2.17. The molecule has 1 aliphatic heterocycles. The van der Waals surface area contributed by atoms with Crippen LogP contribution in [0.5, 0.6) is 5.75 Å². The van der Waals surface area contributed by atoms with Gasteiger partial charge >= 0.3 is 0 Å². The number of halogens is 1. The number of nitrogens with one attached hydrogen (secondary N) is 2. The summed E-state index contributed by atoms with van der Waals surface area (Å²) in [6.45, 7) is 6.08. The summed E-state index contributed by atoms with van der Waals surface area (Å²) in [6, 6.07) is 4.39. The molecule has 1 aromatic rings. The van der Waals surface area contributed by atoms with Crippen LogP contribution in [-0.2, 0) is 17.8 Å². The van der Waals surface area contributed by atoms with Crippen LogP contribution in [0.3, 0.4) is 0 Å². The molecule has 0 saturated carbocycles. The molecular weight excluding hydrogens is 320 g/mol. The lowest BCUT2D eigenvalue weighted by molar-refractivity contribution is -0.121. The molecule has 4 nitrogen and oxygen atoms in total. The van der Waals surface area contributed by atoms with Gasteiger partial charge in [0.05, 0.1) is 6.61 Å². The monoisotopic (exact) mass is 340 g/mol. The number of ether oxygens (including phenoxy) is 1. The molecule has 0 atom stereocenters. The van der Waals surface area contributed by atoms with Crippen LogP contribution in [0.2, 0.25) is 0 Å². The van der Waals surface area contributed by atoms with Crippen LogP contribution in [0.25, 0.3) is 0 Å². The van der Waals surface area contributed by atoms with Crippen LogP contribution >= 0.6 is 15.9 Å². The maximum Gasteiger partial charge on any atom is 0.221 e. The molecular formula is C15H21BrN2O2. The number of rotatable bonds is 6. The first-order valence-corrected chi connectivity index (χ1v) is 7.79. The molecule has 0 unspecified atom stereocenters. The third-order valence-electron chi connectivity index (χ3n) is 3.12. The van der Waals surface area contributed by atoms with Crippen LogP contribution in [0.15, 0.2) is 16.6 Å². The molecule has 0 spiro atoms. The lowest BCUT2D eigenvalue weighted by Crippen LogP contribution is -2.32. The normalized spacial score (nSPS) is 13.2. The van der Waals surface area contributed by atoms with Crippen LogP contribution in [0.1, 0.15) is 31.4 Å². The van der Waals surface area contributed by atoms with E-state index in [4.69, 9.17) is 4.74 Å². The number of carbonyl (C=O) groups excluding carboxylic acids is 1. The molecule has 0 saturated heterocycles. The van der Waals surface area contributed by atoms with Crippen LogP contribution in [-0.4, -0.2) is 25.1 Å². The number of fused-ring (bicyclic) bond motifs is 1. The average molecular weight is 341 g/mol. The van der Waals surface area contributed by atoms with Crippen LogP contribution < -0.4 is 15.4 Å². The van der Waals surface area contributed by atoms with Crippen LogP contribution in [0, 0.1) is 0 Å². The number of hydrogen-bond donors (Lipinski definition) is 2. The third kappa shape index (κ3) is 4.21. The summed E-state index contributed by atoms with van der Waals surface area (Å²) in [5, 5.41) is 6.18. The molecule has 1 aromatic carbocycles. The minimum absolute atomic E-state index is 0.0863. The molecule has 1 heterocycles. The van der Waals surface area contributed by atoms with E-state index in [1.165, 1.54) is 5.56 Å². The molecule has 110 valence electrons. The number of benzene rings is 1. The van der Waals surface area contributed by atoms with Crippen molar-refractivity contribution in [3.05, 3.63) is 27.7 Å². The maximum absolute atomic E-state index is 11.5. The summed E-state index contributed by atoms with van der Waals surface area (Å²) >= 11 is 3.53. The highest BCUT2D eigenvalue weighted by molar-refractivity contribution is 9.10. The van der Waals surface area contributed by atoms with Crippen molar-refractivity contribution in [2.24, 2.45) is 0 Å². The van der Waals surface area contributed by atoms with Gasteiger partial charge in [0.25, 0.3) is 0 Å². The Morgan fingerprint density at radius 2 is 2.25 bits per heavy atom. The Kier molecular flexibility index (Phi) is 5.43. The zero-order valence-electron chi connectivity index (χ0n) is 12.0. The van der Waals surface area contributed by atoms with Gasteiger partial charge in [-0.05, 0) is 31.5 Å². The van der Waals surface area contributed by atoms with E-state index in [0.717, 1.165) is 35.4 Å². The van der Waals surface area contributed by atoms with Crippen molar-refractivity contribution >= 4 is 21.8 Å². The summed E-state index contributed by atoms with van der Waals surface area (Å²) in [5.41, 5.74) is 2.41. The van der Waals surface area contributed by atoms with E-state index >= 15 is 0 Å². The standard InChI is InChI=1S/C15H21BrN2O2/c1-10(2)18-14(19)3-5-17-9-12-8-13(16)7-11-4-6-20-15(11)12/h7-8,10,17H,3-6,9H2,1-2H3,(H,18,19). The van der Waals surface area contributed by atoms with Gasteiger partial charge in [-0.3, -0.25) is 4.79 Å². The Morgan fingerprint density at radius 3 is 3.00 bits per heavy atom. The Hall–Kier alpha value is -1.07. The van der Waals surface area contributed by atoms with E-state index in [1.807, 2.05) is 13.8 Å². The largest absolute Gasteiger partial charge is 0.493 e. The third-order valence-corrected chi connectivity index (χ3v) is 3.58. The van der Waals surface area contributed by atoms with Crippen LogP contribution in [0.4, 0.5) is 0 Å². The first-order chi connectivity index (χ1) is 9.56. The number of hydrogen-bond acceptors (Lipinski definition) is 3. The highest BCUT2D eigenvalue weighted by Crippen LogP contribution is 2.32. The van der Waals surface area contributed by atoms with Gasteiger partial charge in [0.15, 0.2) is 0 Å². The molecule has 2 rings (SSSR count). The molecule has 0 bridgehead atoms. The summed E-state index contributed by atoms with van der Waals surface area (Å²) in [4.78, 5) is 11.5. The molecule has 20 heavy (non-hydrogen) atoms. The molecule has 1 aliphatic rings. The molecule has 0 aliphatic carbocycles. The highest BCUT2D eigenvalue weighted by atomic mass is 79.9. The van der Waals surface area contributed by atoms with Crippen molar-refractivity contribution < 1.29 is 9.53 Å². The maximum atomic E-state index is 11.5. The second-order valence-corrected chi connectivity index (χ2v) is 6.22. The van der Waals surface area contributed by atoms with Crippen molar-refractivity contribution in [1.29, 1.82) is 0 Å². The molecule has 5 heteroatoms. The van der Waals surface area contributed by atoms with Crippen molar-refractivity contribution in [3.8, 4) is 5.75 Å². The Morgan fingerprint density at radius 1 is 1.45 bits per heavy atom. The molecule has 2 N–H and O–H groups in total. The van der Waals surface area contributed by atoms with Gasteiger partial charge in [-0.1, -0.05) is 15.9 Å². The van der Waals surface area contributed by atoms with Crippen molar-refractivity contribution in [3.63, 3.8) is 0 Å². The van der Waals surface area contributed by atoms with E-state index in [2.05, 4.69) is 38.7 Å². The molecule has 0 radical (unpaired) electrons. The second-order valence-electron chi connectivity index (χ2n) is 5.30. The smallest absolute Gasteiger partial charge is 0.221 e. The average Bonchev–Trinajstić information content (AvgIpc) is 2.81. The summed E-state index contributed by atoms with van der Waals surface area (Å²) in [5.74, 6) is 1.09. The fourth-order valence-corrected chi connectivity index (χ4v) is 2.85. The van der Waals surface area contributed by atoms with Gasteiger partial charge in [0, 0.05) is 42.0 Å². The first-order valence-electron chi connectivity index (χ1n) is 7.00. The van der Waals surface area contributed by atoms with Gasteiger partial charge in [-0.25, -0.2) is 0 Å². The summed E-state index contributed by atoms with van der Waals surface area (Å²) in [6.07, 6.45) is 1.47. The Bertz CT molecular complexity index is 489. The van der Waals surface area contributed by atoms with Gasteiger partial charge < -0.3 is 15.4 Å². The fourth-order valence-electron chi connectivity index (χ4n) is 2.30. The van der Waals surface area contributed by atoms with E-state index in [-0.39, 0.29) is 11.9 Å².